The fourth-order valence-corrected chi connectivity index (χ4v) is 4.64. The summed E-state index contributed by atoms with van der Waals surface area (Å²) in [7, 11) is 0. The fraction of sp³-hybridized carbons (Fsp3) is 0.267. The summed E-state index contributed by atoms with van der Waals surface area (Å²) in [4.78, 5) is 29.9. The van der Waals surface area contributed by atoms with Crippen molar-refractivity contribution >= 4 is 11.8 Å². The molecule has 200 valence electrons. The molecule has 0 saturated carbocycles. The van der Waals surface area contributed by atoms with Crippen LogP contribution in [0.15, 0.2) is 73.1 Å². The molecular formula is C30H31N5O4. The Morgan fingerprint density at radius 1 is 1.03 bits per heavy atom. The maximum atomic E-state index is 13.0. The minimum Gasteiger partial charge on any atom is -0.476 e. The average Bonchev–Trinajstić information content (AvgIpc) is 3.36. The first-order chi connectivity index (χ1) is 19.0. The van der Waals surface area contributed by atoms with Crippen molar-refractivity contribution in [1.29, 1.82) is 0 Å². The van der Waals surface area contributed by atoms with E-state index < -0.39 is 6.10 Å². The molecule has 0 aliphatic carbocycles. The van der Waals surface area contributed by atoms with Gasteiger partial charge >= 0.3 is 0 Å². The van der Waals surface area contributed by atoms with E-state index in [2.05, 4.69) is 29.5 Å². The molecule has 1 atom stereocenters. The van der Waals surface area contributed by atoms with Crippen molar-refractivity contribution in [2.75, 3.05) is 19.7 Å². The van der Waals surface area contributed by atoms with Crippen LogP contribution in [0.2, 0.25) is 0 Å². The third kappa shape index (κ3) is 5.53. The molecule has 9 nitrogen and oxygen atoms in total. The lowest BCUT2D eigenvalue weighted by molar-refractivity contribution is -0.128. The van der Waals surface area contributed by atoms with Gasteiger partial charge in [-0.15, -0.1) is 0 Å². The molecule has 0 fully saturated rings. The monoisotopic (exact) mass is 525 g/mol. The predicted octanol–water partition coefficient (Wildman–Crippen LogP) is 3.71. The van der Waals surface area contributed by atoms with Gasteiger partial charge < -0.3 is 20.5 Å². The van der Waals surface area contributed by atoms with Gasteiger partial charge in [0.05, 0.1) is 13.2 Å². The number of pyridine rings is 1. The third-order valence-electron chi connectivity index (χ3n) is 6.68. The van der Waals surface area contributed by atoms with E-state index in [9.17, 15) is 14.7 Å². The zero-order valence-electron chi connectivity index (χ0n) is 21.9. The van der Waals surface area contributed by atoms with Crippen molar-refractivity contribution in [2.45, 2.75) is 32.4 Å². The molecule has 1 aliphatic rings. The molecule has 0 bridgehead atoms. The first-order valence-corrected chi connectivity index (χ1v) is 13.0. The molecule has 2 amide bonds. The second kappa shape index (κ2) is 11.5. The van der Waals surface area contributed by atoms with E-state index in [1.807, 2.05) is 48.5 Å². The van der Waals surface area contributed by atoms with Gasteiger partial charge in [0.2, 0.25) is 6.10 Å². The van der Waals surface area contributed by atoms with E-state index in [0.29, 0.717) is 41.7 Å². The number of nitrogens with one attached hydrogen (secondary N) is 2. The van der Waals surface area contributed by atoms with Crippen molar-refractivity contribution < 1.29 is 19.4 Å². The molecule has 0 saturated heterocycles. The highest BCUT2D eigenvalue weighted by Crippen LogP contribution is 2.36. The van der Waals surface area contributed by atoms with Crippen LogP contribution < -0.4 is 15.4 Å². The van der Waals surface area contributed by atoms with Crippen molar-refractivity contribution in [3.63, 3.8) is 0 Å². The number of rotatable bonds is 9. The van der Waals surface area contributed by atoms with Gasteiger partial charge in [0.15, 0.2) is 0 Å². The molecule has 39 heavy (non-hydrogen) atoms. The number of aromatic nitrogens is 3. The molecule has 2 aromatic carbocycles. The highest BCUT2D eigenvalue weighted by Gasteiger charge is 2.28. The number of ether oxygens (including phenoxy) is 1. The Morgan fingerprint density at radius 3 is 2.38 bits per heavy atom. The molecule has 2 aromatic heterocycles. The molecular weight excluding hydrogens is 494 g/mol. The van der Waals surface area contributed by atoms with Crippen LogP contribution in [0, 0.1) is 0 Å². The summed E-state index contributed by atoms with van der Waals surface area (Å²) in [6.07, 6.45) is 2.50. The molecule has 3 N–H and O–H groups in total. The Labute approximate surface area is 226 Å². The van der Waals surface area contributed by atoms with E-state index >= 15 is 0 Å². The van der Waals surface area contributed by atoms with Crippen LogP contribution in [0.1, 0.15) is 47.5 Å². The number of aliphatic hydroxyl groups is 1. The average molecular weight is 526 g/mol. The number of carbonyl (C=O) groups is 2. The number of carbonyl (C=O) groups excluding carboxylic acids is 2. The summed E-state index contributed by atoms with van der Waals surface area (Å²) < 4.78 is 7.93. The van der Waals surface area contributed by atoms with Crippen molar-refractivity contribution in [2.24, 2.45) is 0 Å². The van der Waals surface area contributed by atoms with E-state index in [1.165, 1.54) is 0 Å². The molecule has 0 spiro atoms. The van der Waals surface area contributed by atoms with Gasteiger partial charge in [-0.2, -0.15) is 5.10 Å². The second-order valence-corrected chi connectivity index (χ2v) is 9.65. The number of nitrogens with zero attached hydrogens (tertiary/aromatic N) is 3. The number of fused-ring (bicyclic) bond motifs is 1. The first kappa shape index (κ1) is 26.1. The summed E-state index contributed by atoms with van der Waals surface area (Å²) >= 11 is 0. The highest BCUT2D eigenvalue weighted by atomic mass is 16.5. The Hall–Kier alpha value is -4.50. The Balaban J connectivity index is 1.48. The molecule has 3 heterocycles. The summed E-state index contributed by atoms with van der Waals surface area (Å²) in [6.45, 7) is 5.30. The van der Waals surface area contributed by atoms with Crippen molar-refractivity contribution in [1.82, 2.24) is 25.4 Å². The topological polar surface area (TPSA) is 118 Å². The predicted molar refractivity (Wildman–Crippen MR) is 147 cm³/mol. The lowest BCUT2D eigenvalue weighted by Crippen LogP contribution is -2.35. The van der Waals surface area contributed by atoms with Crippen LogP contribution in [0.5, 0.6) is 5.75 Å². The van der Waals surface area contributed by atoms with E-state index in [1.54, 1.807) is 29.2 Å². The molecule has 1 unspecified atom stereocenters. The summed E-state index contributed by atoms with van der Waals surface area (Å²) in [5.74, 6) is 0.345. The standard InChI is InChI=1S/C30H31N5O4/c1-19(2)20-3-5-23(6-4-20)28(30(38)33-16-18-36)39-24-9-7-21(8-10-24)25-26(22-11-13-31-14-12-22)34-35-17-15-32-29(37)27(25)35/h3-14,19,28,36H,15-18H2,1-2H3,(H,32,37)(H,33,38). The Kier molecular flexibility index (Phi) is 7.69. The molecule has 1 aliphatic heterocycles. The Bertz CT molecular complexity index is 1450. The van der Waals surface area contributed by atoms with Crippen LogP contribution >= 0.6 is 0 Å². The van der Waals surface area contributed by atoms with Crippen molar-refractivity contribution in [3.8, 4) is 28.1 Å². The third-order valence-corrected chi connectivity index (χ3v) is 6.68. The Morgan fingerprint density at radius 2 is 1.72 bits per heavy atom. The SMILES string of the molecule is CC(C)c1ccc(C(Oc2ccc(-c3c(-c4ccncc4)nn4c3C(=O)NCC4)cc2)C(=O)NCCO)cc1. The number of hydrogen-bond donors (Lipinski definition) is 3. The molecule has 5 rings (SSSR count). The van der Waals surface area contributed by atoms with E-state index in [0.717, 1.165) is 22.3 Å². The number of benzene rings is 2. The quantitative estimate of drug-likeness (QED) is 0.307. The minimum absolute atomic E-state index is 0.133. The number of hydrogen-bond acceptors (Lipinski definition) is 6. The molecule has 0 radical (unpaired) electrons. The van der Waals surface area contributed by atoms with Crippen LogP contribution in [-0.4, -0.2) is 51.4 Å². The van der Waals surface area contributed by atoms with Crippen LogP contribution in [-0.2, 0) is 11.3 Å². The lowest BCUT2D eigenvalue weighted by Gasteiger charge is -2.20. The van der Waals surface area contributed by atoms with Gasteiger partial charge in [-0.05, 0) is 41.3 Å². The second-order valence-electron chi connectivity index (χ2n) is 9.65. The fourth-order valence-electron chi connectivity index (χ4n) is 4.64. The van der Waals surface area contributed by atoms with Gasteiger partial charge in [0.25, 0.3) is 11.8 Å². The first-order valence-electron chi connectivity index (χ1n) is 13.0. The zero-order valence-corrected chi connectivity index (χ0v) is 21.9. The van der Waals surface area contributed by atoms with Gasteiger partial charge in [0.1, 0.15) is 17.1 Å². The summed E-state index contributed by atoms with van der Waals surface area (Å²) in [5, 5.41) is 19.6. The maximum Gasteiger partial charge on any atom is 0.270 e. The van der Waals surface area contributed by atoms with Gasteiger partial charge in [-0.25, -0.2) is 0 Å². The maximum absolute atomic E-state index is 13.0. The number of amides is 2. The highest BCUT2D eigenvalue weighted by molar-refractivity contribution is 6.03. The zero-order chi connectivity index (χ0) is 27.4. The van der Waals surface area contributed by atoms with Crippen LogP contribution in [0.4, 0.5) is 0 Å². The van der Waals surface area contributed by atoms with E-state index in [4.69, 9.17) is 9.84 Å². The largest absolute Gasteiger partial charge is 0.476 e. The smallest absolute Gasteiger partial charge is 0.270 e. The number of aliphatic hydroxyl groups excluding tert-OH is 1. The normalized spacial score (nSPS) is 13.5. The van der Waals surface area contributed by atoms with Gasteiger partial charge in [-0.1, -0.05) is 50.2 Å². The van der Waals surface area contributed by atoms with Crippen LogP contribution in [0.3, 0.4) is 0 Å². The van der Waals surface area contributed by atoms with Crippen LogP contribution in [0.25, 0.3) is 22.4 Å². The van der Waals surface area contributed by atoms with Crippen molar-refractivity contribution in [3.05, 3.63) is 89.9 Å². The molecule has 4 aromatic rings. The van der Waals surface area contributed by atoms with Gasteiger partial charge in [-0.3, -0.25) is 19.3 Å². The summed E-state index contributed by atoms with van der Waals surface area (Å²) in [6, 6.07) is 18.8. The van der Waals surface area contributed by atoms with E-state index in [-0.39, 0.29) is 25.0 Å². The molecule has 9 heteroatoms. The van der Waals surface area contributed by atoms with Gasteiger partial charge in [0, 0.05) is 42.2 Å². The minimum atomic E-state index is -0.898. The summed E-state index contributed by atoms with van der Waals surface area (Å²) in [5.41, 5.74) is 5.47. The lowest BCUT2D eigenvalue weighted by atomic mass is 9.98.